The Hall–Kier alpha value is -0.670. The largest absolute Gasteiger partial charge is 0.463 e. The summed E-state index contributed by atoms with van der Waals surface area (Å²) in [4.78, 5) is 33.5. The van der Waals surface area contributed by atoms with Crippen LogP contribution < -0.4 is 0 Å². The van der Waals surface area contributed by atoms with Crippen molar-refractivity contribution in [2.45, 2.75) is 48.9 Å². The summed E-state index contributed by atoms with van der Waals surface area (Å²) < 4.78 is 41.6. The summed E-state index contributed by atoms with van der Waals surface area (Å²) in [6, 6.07) is 0. The minimum absolute atomic E-state index is 0.329. The molecule has 0 aromatic rings. The van der Waals surface area contributed by atoms with Crippen LogP contribution in [0.1, 0.15) is 24.8 Å². The number of carbonyl (C=O) groups excluding carboxylic acids is 3. The minimum atomic E-state index is -1.14. The quantitative estimate of drug-likeness (QED) is 0.374. The second kappa shape index (κ2) is 8.09. The van der Waals surface area contributed by atoms with Crippen molar-refractivity contribution in [3.63, 3.8) is 0 Å². The summed E-state index contributed by atoms with van der Waals surface area (Å²) in [6.45, 7) is -2.19. The van der Waals surface area contributed by atoms with E-state index in [1.54, 1.807) is 0 Å². The number of carbonyl (C=O) groups is 3. The predicted octanol–water partition coefficient (Wildman–Crippen LogP) is 1.30. The maximum Gasteiger partial charge on any atom is 0.303 e. The Morgan fingerprint density at radius 3 is 2.19 bits per heavy atom. The topological polar surface area (TPSA) is 88.1 Å². The first-order chi connectivity index (χ1) is 11.3. The molecule has 1 heterocycles. The van der Waals surface area contributed by atoms with E-state index in [1.165, 1.54) is 0 Å². The maximum atomic E-state index is 11.5. The fraction of sp³-hybridized carbons (Fsp3) is 0.750. The first-order valence-electron chi connectivity index (χ1n) is 7.82. The van der Waals surface area contributed by atoms with Crippen molar-refractivity contribution in [2.75, 3.05) is 6.61 Å². The Morgan fingerprint density at radius 1 is 1.05 bits per heavy atom. The second-order valence-electron chi connectivity index (χ2n) is 4.06. The van der Waals surface area contributed by atoms with Gasteiger partial charge < -0.3 is 18.9 Å². The van der Waals surface area contributed by atoms with E-state index in [0.717, 1.165) is 0 Å². The maximum absolute atomic E-state index is 11.5. The van der Waals surface area contributed by atoms with E-state index in [4.69, 9.17) is 23.1 Å². The molecule has 1 unspecified atom stereocenters. The van der Waals surface area contributed by atoms with Crippen molar-refractivity contribution in [3.05, 3.63) is 0 Å². The van der Waals surface area contributed by atoms with Crippen LogP contribution in [0.15, 0.2) is 0 Å². The predicted molar refractivity (Wildman–Crippen MR) is 78.0 cm³/mol. The van der Waals surface area contributed by atoms with Gasteiger partial charge in [0.1, 0.15) is 17.7 Å². The average Bonchev–Trinajstić information content (AvgIpc) is 2.58. The summed E-state index contributed by atoms with van der Waals surface area (Å²) in [5, 5.41) is -0.660. The molecule has 0 saturated carbocycles. The molecule has 0 N–H and O–H groups in total. The molecule has 21 heavy (non-hydrogen) atoms. The van der Waals surface area contributed by atoms with Gasteiger partial charge in [-0.2, -0.15) is 0 Å². The molecule has 1 fully saturated rings. The molecule has 0 bridgehead atoms. The van der Waals surface area contributed by atoms with Crippen molar-refractivity contribution in [2.24, 2.45) is 0 Å². The minimum Gasteiger partial charge on any atom is -0.463 e. The Kier molecular flexibility index (Phi) is 5.38. The molecule has 0 aromatic heterocycles. The van der Waals surface area contributed by atoms with Gasteiger partial charge in [-0.05, 0) is 0 Å². The standard InChI is InChI=1S/C12H16Br2O7/c1-5(15)18-4-8-10(19-6(2)16)11(20-7(3)17)9(13)12(14)21-8/h8-12H,4H2,1-3H3/t8-,9+,10-,11-,12?/m1/s1/i1D,2D,3D. The molecule has 0 amide bonds. The Bertz CT molecular complexity index is 468. The van der Waals surface area contributed by atoms with Gasteiger partial charge >= 0.3 is 17.9 Å². The molecule has 0 aromatic carbocycles. The molecular formula is C12H16Br2O7. The normalized spacial score (nSPS) is 34.0. The van der Waals surface area contributed by atoms with Gasteiger partial charge in [0, 0.05) is 24.8 Å². The lowest BCUT2D eigenvalue weighted by molar-refractivity contribution is -0.201. The van der Waals surface area contributed by atoms with Crippen LogP contribution in [0.3, 0.4) is 0 Å². The number of halogens is 2. The van der Waals surface area contributed by atoms with E-state index in [-0.39, 0.29) is 6.61 Å². The molecule has 1 saturated heterocycles. The average molecular weight is 435 g/mol. The third-order valence-electron chi connectivity index (χ3n) is 2.50. The highest BCUT2D eigenvalue weighted by atomic mass is 79.9. The van der Waals surface area contributed by atoms with Gasteiger partial charge in [-0.3, -0.25) is 14.4 Å². The monoisotopic (exact) mass is 433 g/mol. The van der Waals surface area contributed by atoms with E-state index in [1.807, 2.05) is 0 Å². The number of hydrogen-bond donors (Lipinski definition) is 0. The van der Waals surface area contributed by atoms with Crippen molar-refractivity contribution >= 4 is 49.8 Å². The van der Waals surface area contributed by atoms with Gasteiger partial charge in [0.25, 0.3) is 0 Å². The third-order valence-corrected chi connectivity index (χ3v) is 5.00. The van der Waals surface area contributed by atoms with Crippen molar-refractivity contribution in [1.29, 1.82) is 0 Å². The van der Waals surface area contributed by atoms with Crippen molar-refractivity contribution < 1.29 is 37.4 Å². The van der Waals surface area contributed by atoms with Gasteiger partial charge in [0.2, 0.25) is 0 Å². The molecule has 0 spiro atoms. The van der Waals surface area contributed by atoms with Crippen LogP contribution in [0, 0.1) is 0 Å². The molecule has 9 heteroatoms. The molecule has 0 radical (unpaired) electrons. The van der Waals surface area contributed by atoms with E-state index in [0.29, 0.717) is 0 Å². The summed E-state index contributed by atoms with van der Waals surface area (Å²) in [5.41, 5.74) is 0. The zero-order chi connectivity index (χ0) is 18.3. The molecule has 1 aliphatic rings. The highest BCUT2D eigenvalue weighted by Crippen LogP contribution is 2.33. The van der Waals surface area contributed by atoms with Crippen LogP contribution in [0.4, 0.5) is 0 Å². The number of alkyl halides is 2. The third kappa shape index (κ3) is 5.55. The second-order valence-corrected chi connectivity index (χ2v) is 6.02. The van der Waals surface area contributed by atoms with Gasteiger partial charge in [-0.25, -0.2) is 0 Å². The Morgan fingerprint density at radius 2 is 1.62 bits per heavy atom. The zero-order valence-corrected chi connectivity index (χ0v) is 14.0. The van der Waals surface area contributed by atoms with Gasteiger partial charge in [-0.1, -0.05) is 31.9 Å². The highest BCUT2D eigenvalue weighted by molar-refractivity contribution is 9.12. The molecule has 0 aliphatic carbocycles. The van der Waals surface area contributed by atoms with Crippen LogP contribution in [0.25, 0.3) is 0 Å². The summed E-state index contributed by atoms with van der Waals surface area (Å²) >= 11 is 6.48. The van der Waals surface area contributed by atoms with Crippen molar-refractivity contribution in [3.8, 4) is 0 Å². The van der Waals surface area contributed by atoms with Crippen LogP contribution in [0.2, 0.25) is 0 Å². The van der Waals surface area contributed by atoms with Gasteiger partial charge in [0.15, 0.2) is 12.2 Å². The van der Waals surface area contributed by atoms with Gasteiger partial charge in [0.05, 0.1) is 4.83 Å². The molecule has 5 atom stereocenters. The van der Waals surface area contributed by atoms with Crippen LogP contribution in [0.5, 0.6) is 0 Å². The summed E-state index contributed by atoms with van der Waals surface area (Å²) in [5.74, 6) is -2.50. The highest BCUT2D eigenvalue weighted by Gasteiger charge is 2.48. The lowest BCUT2D eigenvalue weighted by atomic mass is 10.0. The number of ether oxygens (including phenoxy) is 4. The fourth-order valence-electron chi connectivity index (χ4n) is 1.75. The van der Waals surface area contributed by atoms with E-state index in [9.17, 15) is 14.4 Å². The lowest BCUT2D eigenvalue weighted by Crippen LogP contribution is -2.58. The van der Waals surface area contributed by atoms with Crippen LogP contribution >= 0.6 is 31.9 Å². The smallest absolute Gasteiger partial charge is 0.303 e. The first-order valence-corrected chi connectivity index (χ1v) is 7.53. The molecule has 1 rings (SSSR count). The summed E-state index contributed by atoms with van der Waals surface area (Å²) in [7, 11) is 0. The lowest BCUT2D eigenvalue weighted by Gasteiger charge is -2.41. The Labute approximate surface area is 143 Å². The Balaban J connectivity index is 2.97. The molecule has 7 nitrogen and oxygen atoms in total. The van der Waals surface area contributed by atoms with E-state index >= 15 is 0 Å². The van der Waals surface area contributed by atoms with E-state index < -0.39 is 66.8 Å². The van der Waals surface area contributed by atoms with Crippen molar-refractivity contribution in [1.82, 2.24) is 0 Å². The number of esters is 3. The summed E-state index contributed by atoms with van der Waals surface area (Å²) in [6.07, 6.45) is -3.14. The number of hydrogen-bond acceptors (Lipinski definition) is 7. The molecular weight excluding hydrogens is 416 g/mol. The van der Waals surface area contributed by atoms with Crippen LogP contribution in [-0.2, 0) is 33.3 Å². The number of rotatable bonds is 4. The zero-order valence-electron chi connectivity index (χ0n) is 13.8. The SMILES string of the molecule is [2H]CC(=O)OC[C@H]1OC(Br)[C@@H](Br)[C@@H](OC(=O)C[2H])[C@@H]1OC(=O)C[2H]. The van der Waals surface area contributed by atoms with Gasteiger partial charge in [-0.15, -0.1) is 0 Å². The van der Waals surface area contributed by atoms with E-state index in [2.05, 4.69) is 31.9 Å². The molecule has 1 aliphatic heterocycles. The fourth-order valence-corrected chi connectivity index (χ4v) is 2.86. The van der Waals surface area contributed by atoms with Crippen LogP contribution in [-0.4, -0.2) is 52.7 Å². The molecule has 120 valence electrons. The first kappa shape index (κ1) is 14.0.